The first-order valence-electron chi connectivity index (χ1n) is 6.30. The Morgan fingerprint density at radius 1 is 1.53 bits per heavy atom. The van der Waals surface area contributed by atoms with Crippen molar-refractivity contribution < 1.29 is 0 Å². The van der Waals surface area contributed by atoms with Gasteiger partial charge in [-0.3, -0.25) is 4.98 Å². The van der Waals surface area contributed by atoms with Gasteiger partial charge >= 0.3 is 0 Å². The maximum atomic E-state index is 4.27. The molecule has 17 heavy (non-hydrogen) atoms. The van der Waals surface area contributed by atoms with Gasteiger partial charge in [0.05, 0.1) is 5.52 Å². The van der Waals surface area contributed by atoms with Gasteiger partial charge in [0.25, 0.3) is 0 Å². The summed E-state index contributed by atoms with van der Waals surface area (Å²) in [5, 5.41) is 4.99. The second-order valence-corrected chi connectivity index (χ2v) is 5.32. The highest BCUT2D eigenvalue weighted by molar-refractivity contribution is 5.85. The van der Waals surface area contributed by atoms with Gasteiger partial charge in [-0.25, -0.2) is 0 Å². The summed E-state index contributed by atoms with van der Waals surface area (Å²) in [5.74, 6) is 0. The Labute approximate surface area is 102 Å². The first-order chi connectivity index (χ1) is 8.14. The smallest absolute Gasteiger partial charge is 0.0514 e. The Morgan fingerprint density at radius 2 is 2.35 bits per heavy atom. The molecule has 2 aromatic heterocycles. The summed E-state index contributed by atoms with van der Waals surface area (Å²) in [6.45, 7) is 5.53. The van der Waals surface area contributed by atoms with Crippen LogP contribution in [0.5, 0.6) is 0 Å². The number of aryl methyl sites for hydroxylation is 1. The molecule has 3 heterocycles. The van der Waals surface area contributed by atoms with E-state index in [2.05, 4.69) is 41.8 Å². The first kappa shape index (κ1) is 10.8. The fourth-order valence-electron chi connectivity index (χ4n) is 2.84. The van der Waals surface area contributed by atoms with Crippen molar-refractivity contribution in [1.29, 1.82) is 0 Å². The van der Waals surface area contributed by atoms with Crippen LogP contribution in [0.25, 0.3) is 10.9 Å². The number of hydrogen-bond acceptors (Lipinski definition) is 2. The van der Waals surface area contributed by atoms with E-state index >= 15 is 0 Å². The normalized spacial score (nSPS) is 23.9. The highest BCUT2D eigenvalue weighted by Gasteiger charge is 2.30. The molecule has 3 nitrogen and oxygen atoms in total. The van der Waals surface area contributed by atoms with Gasteiger partial charge in [-0.1, -0.05) is 6.92 Å². The summed E-state index contributed by atoms with van der Waals surface area (Å²) in [7, 11) is 2.15. The molecule has 0 saturated carbocycles. The summed E-state index contributed by atoms with van der Waals surface area (Å²) >= 11 is 0. The van der Waals surface area contributed by atoms with Gasteiger partial charge in [0.2, 0.25) is 0 Å². The molecular weight excluding hydrogens is 210 g/mol. The Hall–Kier alpha value is -1.35. The van der Waals surface area contributed by atoms with Gasteiger partial charge in [-0.05, 0) is 31.4 Å². The molecule has 0 bridgehead atoms. The van der Waals surface area contributed by atoms with E-state index in [0.717, 1.165) is 19.4 Å². The van der Waals surface area contributed by atoms with E-state index in [1.165, 1.54) is 22.2 Å². The molecule has 2 aromatic rings. The lowest BCUT2D eigenvalue weighted by atomic mass is 9.86. The molecule has 1 aliphatic heterocycles. The van der Waals surface area contributed by atoms with Crippen LogP contribution >= 0.6 is 0 Å². The molecule has 0 fully saturated rings. The van der Waals surface area contributed by atoms with Crippen LogP contribution in [0.4, 0.5) is 0 Å². The van der Waals surface area contributed by atoms with E-state index in [9.17, 15) is 0 Å². The fourth-order valence-corrected chi connectivity index (χ4v) is 2.84. The van der Waals surface area contributed by atoms with Crippen molar-refractivity contribution in [1.82, 2.24) is 14.9 Å². The zero-order chi connectivity index (χ0) is 12.0. The summed E-state index contributed by atoms with van der Waals surface area (Å²) in [4.78, 5) is 4.27. The molecule has 3 rings (SSSR count). The molecule has 0 aliphatic carbocycles. The van der Waals surface area contributed by atoms with E-state index in [1.54, 1.807) is 0 Å². The standard InChI is InChI=1S/C14H19N3/c1-4-14(2)7-10-11-8-15-6-5-12(11)17(3)13(10)9-16-14/h5-6,8,16H,4,7,9H2,1-3H3. The highest BCUT2D eigenvalue weighted by atomic mass is 15.1. The average Bonchev–Trinajstić information content (AvgIpc) is 2.64. The van der Waals surface area contributed by atoms with Crippen LogP contribution in [0.2, 0.25) is 0 Å². The summed E-state index contributed by atoms with van der Waals surface area (Å²) in [6.07, 6.45) is 6.14. The molecule has 0 radical (unpaired) electrons. The van der Waals surface area contributed by atoms with Crippen molar-refractivity contribution in [2.75, 3.05) is 0 Å². The molecule has 90 valence electrons. The topological polar surface area (TPSA) is 29.9 Å². The Balaban J connectivity index is 2.22. The number of rotatable bonds is 1. The van der Waals surface area contributed by atoms with Crippen LogP contribution < -0.4 is 5.32 Å². The minimum atomic E-state index is 0.233. The quantitative estimate of drug-likeness (QED) is 0.813. The van der Waals surface area contributed by atoms with Crippen LogP contribution in [0.15, 0.2) is 18.5 Å². The van der Waals surface area contributed by atoms with E-state index in [1.807, 2.05) is 12.4 Å². The molecule has 0 aromatic carbocycles. The largest absolute Gasteiger partial charge is 0.346 e. The number of aromatic nitrogens is 2. The number of hydrogen-bond donors (Lipinski definition) is 1. The van der Waals surface area contributed by atoms with Crippen molar-refractivity contribution in [3.8, 4) is 0 Å². The van der Waals surface area contributed by atoms with Gasteiger partial charge in [0.15, 0.2) is 0 Å². The number of pyridine rings is 1. The molecule has 1 N–H and O–H groups in total. The lowest BCUT2D eigenvalue weighted by Crippen LogP contribution is -2.46. The monoisotopic (exact) mass is 229 g/mol. The van der Waals surface area contributed by atoms with Crippen LogP contribution in [0, 0.1) is 0 Å². The number of fused-ring (bicyclic) bond motifs is 3. The average molecular weight is 229 g/mol. The first-order valence-corrected chi connectivity index (χ1v) is 6.30. The number of nitrogens with zero attached hydrogens (tertiary/aromatic N) is 2. The van der Waals surface area contributed by atoms with Gasteiger partial charge in [-0.2, -0.15) is 0 Å². The minimum Gasteiger partial charge on any atom is -0.346 e. The SMILES string of the molecule is CCC1(C)Cc2c(n(C)c3ccncc23)CN1. The van der Waals surface area contributed by atoms with Crippen molar-refractivity contribution >= 4 is 10.9 Å². The van der Waals surface area contributed by atoms with Gasteiger partial charge < -0.3 is 9.88 Å². The molecule has 0 saturated heterocycles. The summed E-state index contributed by atoms with van der Waals surface area (Å²) < 4.78 is 2.30. The predicted octanol–water partition coefficient (Wildman–Crippen LogP) is 2.39. The van der Waals surface area contributed by atoms with Gasteiger partial charge in [0.1, 0.15) is 0 Å². The molecular formula is C14H19N3. The molecule has 1 aliphatic rings. The van der Waals surface area contributed by atoms with E-state index < -0.39 is 0 Å². The van der Waals surface area contributed by atoms with Crippen LogP contribution in [0.3, 0.4) is 0 Å². The number of nitrogens with one attached hydrogen (secondary N) is 1. The summed E-state index contributed by atoms with van der Waals surface area (Å²) in [6, 6.07) is 2.11. The Bertz CT molecular complexity index is 570. The van der Waals surface area contributed by atoms with Crippen molar-refractivity contribution in [2.24, 2.45) is 7.05 Å². The maximum absolute atomic E-state index is 4.27. The van der Waals surface area contributed by atoms with Crippen molar-refractivity contribution in [3.05, 3.63) is 29.7 Å². The minimum absolute atomic E-state index is 0.233. The van der Waals surface area contributed by atoms with Crippen LogP contribution in [0.1, 0.15) is 31.5 Å². The molecule has 0 spiro atoms. The van der Waals surface area contributed by atoms with E-state index in [-0.39, 0.29) is 5.54 Å². The van der Waals surface area contributed by atoms with E-state index in [0.29, 0.717) is 0 Å². The molecule has 0 amide bonds. The predicted molar refractivity (Wildman–Crippen MR) is 70.0 cm³/mol. The zero-order valence-electron chi connectivity index (χ0n) is 10.7. The van der Waals surface area contributed by atoms with E-state index in [4.69, 9.17) is 0 Å². The zero-order valence-corrected chi connectivity index (χ0v) is 10.7. The van der Waals surface area contributed by atoms with Crippen molar-refractivity contribution in [2.45, 2.75) is 38.8 Å². The Kier molecular flexibility index (Phi) is 2.26. The maximum Gasteiger partial charge on any atom is 0.0514 e. The second-order valence-electron chi connectivity index (χ2n) is 5.32. The van der Waals surface area contributed by atoms with Crippen LogP contribution in [-0.2, 0) is 20.0 Å². The summed E-state index contributed by atoms with van der Waals surface area (Å²) in [5.41, 5.74) is 4.43. The van der Waals surface area contributed by atoms with Crippen molar-refractivity contribution in [3.63, 3.8) is 0 Å². The third-order valence-corrected chi connectivity index (χ3v) is 4.27. The third kappa shape index (κ3) is 1.49. The second kappa shape index (κ2) is 3.57. The fraction of sp³-hybridized carbons (Fsp3) is 0.500. The molecule has 1 unspecified atom stereocenters. The van der Waals surface area contributed by atoms with Gasteiger partial charge in [0, 0.05) is 42.6 Å². The van der Waals surface area contributed by atoms with Gasteiger partial charge in [-0.15, -0.1) is 0 Å². The molecule has 3 heteroatoms. The Morgan fingerprint density at radius 3 is 3.12 bits per heavy atom. The lowest BCUT2D eigenvalue weighted by molar-refractivity contribution is 0.316. The van der Waals surface area contributed by atoms with Crippen LogP contribution in [-0.4, -0.2) is 15.1 Å². The highest BCUT2D eigenvalue weighted by Crippen LogP contribution is 2.32. The molecule has 1 atom stereocenters. The lowest BCUT2D eigenvalue weighted by Gasteiger charge is -2.34. The third-order valence-electron chi connectivity index (χ3n) is 4.27.